The topological polar surface area (TPSA) is 113 Å². The first-order valence-electron chi connectivity index (χ1n) is 13.3. The third-order valence-corrected chi connectivity index (χ3v) is 9.81. The lowest BCUT2D eigenvalue weighted by Crippen LogP contribution is -2.39. The van der Waals surface area contributed by atoms with E-state index >= 15 is 0 Å². The van der Waals surface area contributed by atoms with Crippen molar-refractivity contribution in [3.8, 4) is 11.5 Å². The molecule has 0 radical (unpaired) electrons. The molecule has 0 saturated heterocycles. The Labute approximate surface area is 271 Å². The molecule has 1 aliphatic heterocycles. The van der Waals surface area contributed by atoms with E-state index in [1.807, 2.05) is 6.92 Å². The molecule has 0 fully saturated rings. The maximum absolute atomic E-state index is 13.9. The van der Waals surface area contributed by atoms with E-state index in [4.69, 9.17) is 25.3 Å². The second-order valence-corrected chi connectivity index (χ2v) is 13.6. The maximum atomic E-state index is 13.9. The molecule has 5 rings (SSSR count). The number of carbonyl (C=O) groups is 1. The summed E-state index contributed by atoms with van der Waals surface area (Å²) >= 11 is 10.7. The molecule has 2 heterocycles. The Balaban J connectivity index is 1.60. The molecule has 13 heteroatoms. The van der Waals surface area contributed by atoms with Crippen LogP contribution in [0.3, 0.4) is 0 Å². The van der Waals surface area contributed by atoms with Gasteiger partial charge in [-0.05, 0) is 90.3 Å². The largest absolute Gasteiger partial charge is 0.493 e. The van der Waals surface area contributed by atoms with E-state index < -0.39 is 22.1 Å². The lowest BCUT2D eigenvalue weighted by atomic mass is 9.96. The van der Waals surface area contributed by atoms with Gasteiger partial charge in [0, 0.05) is 5.02 Å². The lowest BCUT2D eigenvalue weighted by Gasteiger charge is -2.24. The zero-order valence-electron chi connectivity index (χ0n) is 24.0. The molecule has 228 valence electrons. The van der Waals surface area contributed by atoms with Crippen LogP contribution >= 0.6 is 38.9 Å². The van der Waals surface area contributed by atoms with Crippen LogP contribution in [0.25, 0.3) is 6.08 Å². The minimum Gasteiger partial charge on any atom is -0.493 e. The van der Waals surface area contributed by atoms with Crippen LogP contribution < -0.4 is 23.8 Å². The number of thiazole rings is 1. The molecule has 0 spiro atoms. The zero-order valence-corrected chi connectivity index (χ0v) is 27.9. The van der Waals surface area contributed by atoms with Gasteiger partial charge < -0.3 is 13.7 Å². The molecule has 0 saturated carbocycles. The number of benzene rings is 3. The van der Waals surface area contributed by atoms with Gasteiger partial charge in [0.25, 0.3) is 5.56 Å². The van der Waals surface area contributed by atoms with Gasteiger partial charge in [-0.1, -0.05) is 52.8 Å². The van der Waals surface area contributed by atoms with Crippen molar-refractivity contribution in [3.63, 3.8) is 0 Å². The Morgan fingerprint density at radius 2 is 1.80 bits per heavy atom. The van der Waals surface area contributed by atoms with Gasteiger partial charge in [-0.25, -0.2) is 9.79 Å². The van der Waals surface area contributed by atoms with E-state index in [1.165, 1.54) is 23.8 Å². The third-order valence-electron chi connectivity index (χ3n) is 6.76. The highest BCUT2D eigenvalue weighted by atomic mass is 79.9. The van der Waals surface area contributed by atoms with Crippen LogP contribution in [0.1, 0.15) is 36.6 Å². The monoisotopic (exact) mass is 716 g/mol. The van der Waals surface area contributed by atoms with E-state index in [0.29, 0.717) is 35.7 Å². The molecule has 0 aliphatic carbocycles. The summed E-state index contributed by atoms with van der Waals surface area (Å²) in [6.45, 7) is 5.43. The maximum Gasteiger partial charge on any atom is 0.339 e. The molecule has 1 atom stereocenters. The molecule has 0 N–H and O–H groups in total. The van der Waals surface area contributed by atoms with Gasteiger partial charge in [0.15, 0.2) is 16.3 Å². The summed E-state index contributed by atoms with van der Waals surface area (Å²) in [4.78, 5) is 32.0. The number of halogens is 2. The number of esters is 1. The second-order valence-electron chi connectivity index (χ2n) is 9.74. The van der Waals surface area contributed by atoms with E-state index in [-0.39, 0.29) is 34.1 Å². The van der Waals surface area contributed by atoms with E-state index in [1.54, 1.807) is 68.5 Å². The number of aryl methyl sites for hydroxylation is 1. The molecule has 0 bridgehead atoms. The fraction of sp³-hybridized carbons (Fsp3) is 0.194. The van der Waals surface area contributed by atoms with Crippen molar-refractivity contribution in [2.45, 2.75) is 31.7 Å². The average Bonchev–Trinajstić information content (AvgIpc) is 3.28. The van der Waals surface area contributed by atoms with E-state index in [9.17, 15) is 18.0 Å². The summed E-state index contributed by atoms with van der Waals surface area (Å²) in [5.74, 6) is -0.467. The minimum atomic E-state index is -4.16. The molecule has 1 aliphatic rings. The third kappa shape index (κ3) is 6.25. The fourth-order valence-corrected chi connectivity index (χ4v) is 7.45. The van der Waals surface area contributed by atoms with Crippen LogP contribution in [-0.4, -0.2) is 32.7 Å². The van der Waals surface area contributed by atoms with E-state index in [0.717, 1.165) is 16.9 Å². The first-order chi connectivity index (χ1) is 20.9. The van der Waals surface area contributed by atoms with Crippen LogP contribution in [0.2, 0.25) is 5.02 Å². The number of allylic oxidation sites excluding steroid dienone is 1. The molecular weight excluding hydrogens is 692 g/mol. The number of fused-ring (bicyclic) bond motifs is 1. The van der Waals surface area contributed by atoms with Crippen molar-refractivity contribution in [2.24, 2.45) is 4.99 Å². The normalized spacial score (nSPS) is 15.0. The first-order valence-corrected chi connectivity index (χ1v) is 16.7. The molecule has 44 heavy (non-hydrogen) atoms. The van der Waals surface area contributed by atoms with Gasteiger partial charge in [0.1, 0.15) is 4.90 Å². The predicted molar refractivity (Wildman–Crippen MR) is 172 cm³/mol. The van der Waals surface area contributed by atoms with Gasteiger partial charge >= 0.3 is 16.1 Å². The minimum absolute atomic E-state index is 0.00466. The Kier molecular flexibility index (Phi) is 9.17. The van der Waals surface area contributed by atoms with Crippen molar-refractivity contribution < 1.29 is 26.9 Å². The summed E-state index contributed by atoms with van der Waals surface area (Å²) in [5.41, 5.74) is 2.43. The smallest absolute Gasteiger partial charge is 0.339 e. The highest BCUT2D eigenvalue weighted by Gasteiger charge is 2.33. The molecule has 3 aromatic carbocycles. The van der Waals surface area contributed by atoms with Crippen LogP contribution in [-0.2, 0) is 19.6 Å². The SMILES string of the molecule is CCOC(=O)C1=C(C)N=c2s/c(=C/c3cc(Br)c(OS(=O)(=O)c4ccc(C)cc4)c(OC)c3)c(=O)n2[C@@H]1c1ccc(Cl)cc1. The summed E-state index contributed by atoms with van der Waals surface area (Å²) in [7, 11) is -2.77. The predicted octanol–water partition coefficient (Wildman–Crippen LogP) is 5.30. The number of rotatable bonds is 8. The van der Waals surface area contributed by atoms with Crippen molar-refractivity contribution in [1.82, 2.24) is 4.57 Å². The fourth-order valence-electron chi connectivity index (χ4n) is 4.67. The number of hydrogen-bond acceptors (Lipinski definition) is 9. The number of ether oxygens (including phenoxy) is 2. The molecule has 4 aromatic rings. The van der Waals surface area contributed by atoms with Gasteiger partial charge in [0.2, 0.25) is 0 Å². The van der Waals surface area contributed by atoms with Gasteiger partial charge in [-0.2, -0.15) is 8.42 Å². The number of carbonyl (C=O) groups excluding carboxylic acids is 1. The van der Waals surface area contributed by atoms with Crippen molar-refractivity contribution in [1.29, 1.82) is 0 Å². The number of nitrogens with zero attached hydrogens (tertiary/aromatic N) is 2. The number of hydrogen-bond donors (Lipinski definition) is 0. The summed E-state index contributed by atoms with van der Waals surface area (Å²) in [6, 6.07) is 15.6. The Morgan fingerprint density at radius 1 is 1.11 bits per heavy atom. The highest BCUT2D eigenvalue weighted by molar-refractivity contribution is 9.10. The highest BCUT2D eigenvalue weighted by Crippen LogP contribution is 2.39. The van der Waals surface area contributed by atoms with Crippen LogP contribution in [0.4, 0.5) is 0 Å². The van der Waals surface area contributed by atoms with Crippen molar-refractivity contribution in [2.75, 3.05) is 13.7 Å². The van der Waals surface area contributed by atoms with Gasteiger partial charge in [-0.15, -0.1) is 0 Å². The molecule has 0 unspecified atom stereocenters. The Bertz CT molecular complexity index is 2090. The van der Waals surface area contributed by atoms with Crippen molar-refractivity contribution in [3.05, 3.63) is 118 Å². The summed E-state index contributed by atoms with van der Waals surface area (Å²) < 4.78 is 44.3. The number of methoxy groups -OCH3 is 1. The Morgan fingerprint density at radius 3 is 2.43 bits per heavy atom. The molecule has 9 nitrogen and oxygen atoms in total. The lowest BCUT2D eigenvalue weighted by molar-refractivity contribution is -0.139. The zero-order chi connectivity index (χ0) is 31.8. The second kappa shape index (κ2) is 12.7. The van der Waals surface area contributed by atoms with Gasteiger partial charge in [-0.3, -0.25) is 9.36 Å². The molecule has 0 amide bonds. The van der Waals surface area contributed by atoms with Gasteiger partial charge in [0.05, 0.1) is 40.0 Å². The Hall–Kier alpha value is -3.71. The van der Waals surface area contributed by atoms with Crippen LogP contribution in [0, 0.1) is 6.92 Å². The number of aromatic nitrogens is 1. The molecule has 1 aromatic heterocycles. The first kappa shape index (κ1) is 31.7. The molecular formula is C31H26BrClN2O7S2. The standard InChI is InChI=1S/C31H26BrClN2O7S2/c1-5-41-30(37)26-18(3)34-31-35(27(26)20-8-10-21(33)11-9-20)29(36)25(43-31)16-19-14-23(32)28(24(15-19)40-4)42-44(38,39)22-12-6-17(2)7-13-22/h6-16,27H,5H2,1-4H3/b25-16+/t27-/m1/s1. The summed E-state index contributed by atoms with van der Waals surface area (Å²) in [6.07, 6.45) is 1.64. The quantitative estimate of drug-likeness (QED) is 0.180. The average molecular weight is 718 g/mol. The van der Waals surface area contributed by atoms with Crippen LogP contribution in [0.5, 0.6) is 11.5 Å². The van der Waals surface area contributed by atoms with Crippen LogP contribution in [0.15, 0.2) is 91.1 Å². The van der Waals surface area contributed by atoms with E-state index in [2.05, 4.69) is 20.9 Å². The summed E-state index contributed by atoms with van der Waals surface area (Å²) in [5, 5.41) is 0.512. The van der Waals surface area contributed by atoms with Crippen molar-refractivity contribution >= 4 is 61.0 Å².